The summed E-state index contributed by atoms with van der Waals surface area (Å²) in [6.45, 7) is 5.49. The Morgan fingerprint density at radius 2 is 1.67 bits per heavy atom. The molecule has 0 radical (unpaired) electrons. The summed E-state index contributed by atoms with van der Waals surface area (Å²) in [5.74, 6) is -1.04. The summed E-state index contributed by atoms with van der Waals surface area (Å²) in [6, 6.07) is 11.8. The molecule has 2 aromatic rings. The highest BCUT2D eigenvalue weighted by molar-refractivity contribution is 7.92. The zero-order valence-electron chi connectivity index (χ0n) is 15.6. The molecule has 0 aliphatic rings. The monoisotopic (exact) mass is 390 g/mol. The molecular weight excluding hydrogens is 368 g/mol. The number of nitrogens with one attached hydrogen (secondary N) is 2. The quantitative estimate of drug-likeness (QED) is 0.765. The van der Waals surface area contributed by atoms with Crippen molar-refractivity contribution in [2.45, 2.75) is 31.2 Å². The first kappa shape index (κ1) is 20.4. The van der Waals surface area contributed by atoms with Crippen LogP contribution >= 0.6 is 0 Å². The van der Waals surface area contributed by atoms with Crippen LogP contribution in [0, 0.1) is 0 Å². The number of rotatable bonds is 5. The van der Waals surface area contributed by atoms with E-state index in [1.807, 2.05) is 20.8 Å². The van der Waals surface area contributed by atoms with Crippen LogP contribution in [-0.4, -0.2) is 32.9 Å². The third-order valence-corrected chi connectivity index (χ3v) is 4.83. The van der Waals surface area contributed by atoms with Crippen LogP contribution in [0.3, 0.4) is 0 Å². The molecule has 1 amide bonds. The van der Waals surface area contributed by atoms with E-state index in [-0.39, 0.29) is 27.6 Å². The van der Waals surface area contributed by atoms with Crippen molar-refractivity contribution in [3.05, 3.63) is 59.7 Å². The summed E-state index contributed by atoms with van der Waals surface area (Å²) in [5, 5.41) is 2.78. The van der Waals surface area contributed by atoms with Gasteiger partial charge in [0, 0.05) is 11.1 Å². The van der Waals surface area contributed by atoms with Gasteiger partial charge in [0.05, 0.1) is 23.3 Å². The molecule has 0 bridgehead atoms. The number of methoxy groups -OCH3 is 1. The van der Waals surface area contributed by atoms with Gasteiger partial charge >= 0.3 is 5.97 Å². The van der Waals surface area contributed by atoms with E-state index in [0.717, 1.165) is 0 Å². The van der Waals surface area contributed by atoms with Crippen molar-refractivity contribution in [1.29, 1.82) is 0 Å². The number of hydrogen-bond acceptors (Lipinski definition) is 5. The van der Waals surface area contributed by atoms with Crippen molar-refractivity contribution in [3.63, 3.8) is 0 Å². The molecule has 0 heterocycles. The van der Waals surface area contributed by atoms with Gasteiger partial charge in [0.2, 0.25) is 0 Å². The van der Waals surface area contributed by atoms with E-state index in [9.17, 15) is 18.0 Å². The number of carbonyl (C=O) groups excluding carboxylic acids is 2. The second-order valence-corrected chi connectivity index (χ2v) is 8.56. The highest BCUT2D eigenvalue weighted by Gasteiger charge is 2.21. The lowest BCUT2D eigenvalue weighted by molar-refractivity contribution is 0.0601. The van der Waals surface area contributed by atoms with Crippen LogP contribution in [0.5, 0.6) is 0 Å². The van der Waals surface area contributed by atoms with Gasteiger partial charge in [-0.3, -0.25) is 9.52 Å². The molecule has 0 aromatic heterocycles. The maximum absolute atomic E-state index is 12.7. The van der Waals surface area contributed by atoms with E-state index in [1.54, 1.807) is 12.1 Å². The molecule has 8 heteroatoms. The minimum atomic E-state index is -4.02. The highest BCUT2D eigenvalue weighted by atomic mass is 32.2. The fourth-order valence-electron chi connectivity index (χ4n) is 2.28. The van der Waals surface area contributed by atoms with Gasteiger partial charge in [0.1, 0.15) is 0 Å². The Kier molecular flexibility index (Phi) is 5.90. The summed E-state index contributed by atoms with van der Waals surface area (Å²) >= 11 is 0. The number of benzene rings is 2. The molecule has 144 valence electrons. The predicted octanol–water partition coefficient (Wildman–Crippen LogP) is 2.80. The second-order valence-electron chi connectivity index (χ2n) is 6.87. The topological polar surface area (TPSA) is 102 Å². The minimum Gasteiger partial charge on any atom is -0.465 e. The first-order valence-electron chi connectivity index (χ1n) is 8.16. The molecule has 0 atom stereocenters. The molecule has 0 spiro atoms. The number of hydrogen-bond donors (Lipinski definition) is 2. The maximum atomic E-state index is 12.7. The standard InChI is InChI=1S/C19H22N2O5S/c1-19(2,3)20-17(22)13-8-7-9-14(12-13)27(24,25)21-16-11-6-5-10-15(16)18(23)26-4/h5-12,21H,1-4H3,(H,20,22). The maximum Gasteiger partial charge on any atom is 0.339 e. The molecule has 27 heavy (non-hydrogen) atoms. The summed E-state index contributed by atoms with van der Waals surface area (Å²) in [4.78, 5) is 24.0. The van der Waals surface area contributed by atoms with E-state index >= 15 is 0 Å². The first-order chi connectivity index (χ1) is 12.5. The Bertz CT molecular complexity index is 962. The van der Waals surface area contributed by atoms with Crippen molar-refractivity contribution in [2.75, 3.05) is 11.8 Å². The van der Waals surface area contributed by atoms with Crippen LogP contribution in [0.1, 0.15) is 41.5 Å². The lowest BCUT2D eigenvalue weighted by Crippen LogP contribution is -2.40. The van der Waals surface area contributed by atoms with Crippen LogP contribution in [0.2, 0.25) is 0 Å². The number of para-hydroxylation sites is 1. The Hall–Kier alpha value is -2.87. The molecule has 0 aliphatic heterocycles. The Labute approximate surface area is 158 Å². The molecule has 2 rings (SSSR count). The predicted molar refractivity (Wildman–Crippen MR) is 102 cm³/mol. The number of amides is 1. The highest BCUT2D eigenvalue weighted by Crippen LogP contribution is 2.21. The summed E-state index contributed by atoms with van der Waals surface area (Å²) in [5.41, 5.74) is -0.0583. The van der Waals surface area contributed by atoms with Gasteiger partial charge in [-0.05, 0) is 51.1 Å². The molecule has 0 saturated carbocycles. The smallest absolute Gasteiger partial charge is 0.339 e. The van der Waals surface area contributed by atoms with E-state index in [1.165, 1.54) is 43.5 Å². The average molecular weight is 390 g/mol. The van der Waals surface area contributed by atoms with Crippen LogP contribution in [0.15, 0.2) is 53.4 Å². The zero-order chi connectivity index (χ0) is 20.2. The lowest BCUT2D eigenvalue weighted by Gasteiger charge is -2.20. The second kappa shape index (κ2) is 7.79. The van der Waals surface area contributed by atoms with Crippen LogP contribution < -0.4 is 10.0 Å². The van der Waals surface area contributed by atoms with Gasteiger partial charge in [0.15, 0.2) is 0 Å². The fourth-order valence-corrected chi connectivity index (χ4v) is 3.41. The van der Waals surface area contributed by atoms with E-state index in [4.69, 9.17) is 0 Å². The molecular formula is C19H22N2O5S. The number of esters is 1. The largest absolute Gasteiger partial charge is 0.465 e. The normalized spacial score (nSPS) is 11.6. The third kappa shape index (κ3) is 5.30. The van der Waals surface area contributed by atoms with Gasteiger partial charge < -0.3 is 10.1 Å². The summed E-state index contributed by atoms with van der Waals surface area (Å²) in [7, 11) is -2.80. The molecule has 0 aliphatic carbocycles. The number of ether oxygens (including phenoxy) is 1. The van der Waals surface area contributed by atoms with E-state index < -0.39 is 21.5 Å². The SMILES string of the molecule is COC(=O)c1ccccc1NS(=O)(=O)c1cccc(C(=O)NC(C)(C)C)c1. The van der Waals surface area contributed by atoms with Crippen molar-refractivity contribution in [3.8, 4) is 0 Å². The van der Waals surface area contributed by atoms with E-state index in [0.29, 0.717) is 0 Å². The Morgan fingerprint density at radius 3 is 2.30 bits per heavy atom. The Morgan fingerprint density at radius 1 is 1.00 bits per heavy atom. The van der Waals surface area contributed by atoms with Gasteiger partial charge in [-0.2, -0.15) is 0 Å². The summed E-state index contributed by atoms with van der Waals surface area (Å²) < 4.78 is 32.5. The molecule has 0 saturated heterocycles. The van der Waals surface area contributed by atoms with Gasteiger partial charge in [-0.1, -0.05) is 18.2 Å². The minimum absolute atomic E-state index is 0.0882. The lowest BCUT2D eigenvalue weighted by atomic mass is 10.1. The van der Waals surface area contributed by atoms with E-state index in [2.05, 4.69) is 14.8 Å². The Balaban J connectivity index is 2.35. The first-order valence-corrected chi connectivity index (χ1v) is 9.64. The molecule has 7 nitrogen and oxygen atoms in total. The molecule has 0 unspecified atom stereocenters. The molecule has 2 aromatic carbocycles. The summed E-state index contributed by atoms with van der Waals surface area (Å²) in [6.07, 6.45) is 0. The van der Waals surface area contributed by atoms with Crippen molar-refractivity contribution in [1.82, 2.24) is 5.32 Å². The fraction of sp³-hybridized carbons (Fsp3) is 0.263. The van der Waals surface area contributed by atoms with Gasteiger partial charge in [-0.15, -0.1) is 0 Å². The van der Waals surface area contributed by atoms with Crippen molar-refractivity contribution in [2.24, 2.45) is 0 Å². The van der Waals surface area contributed by atoms with Crippen molar-refractivity contribution >= 4 is 27.6 Å². The van der Waals surface area contributed by atoms with Gasteiger partial charge in [-0.25, -0.2) is 13.2 Å². The average Bonchev–Trinajstić information content (AvgIpc) is 2.60. The molecule has 0 fully saturated rings. The number of carbonyl (C=O) groups is 2. The third-order valence-electron chi connectivity index (χ3n) is 3.47. The molecule has 2 N–H and O–H groups in total. The van der Waals surface area contributed by atoms with Crippen LogP contribution in [-0.2, 0) is 14.8 Å². The van der Waals surface area contributed by atoms with Crippen molar-refractivity contribution < 1.29 is 22.7 Å². The number of sulfonamides is 1. The van der Waals surface area contributed by atoms with Crippen LogP contribution in [0.25, 0.3) is 0 Å². The van der Waals surface area contributed by atoms with Crippen LogP contribution in [0.4, 0.5) is 5.69 Å². The van der Waals surface area contributed by atoms with Gasteiger partial charge in [0.25, 0.3) is 15.9 Å². The number of anilines is 1. The zero-order valence-corrected chi connectivity index (χ0v) is 16.4.